The fourth-order valence-corrected chi connectivity index (χ4v) is 7.20. The van der Waals surface area contributed by atoms with Gasteiger partial charge in [-0.05, 0) is 13.8 Å². The van der Waals surface area contributed by atoms with Crippen molar-refractivity contribution in [2.75, 3.05) is 37.8 Å². The summed E-state index contributed by atoms with van der Waals surface area (Å²) in [4.78, 5) is 84.5. The van der Waals surface area contributed by atoms with Crippen LogP contribution in [-0.2, 0) is 50.7 Å². The molecular weight excluding hydrogens is 823 g/mol. The smallest absolute Gasteiger partial charge is 0.478 e. The number of allylic oxidation sites excluding steroid dienone is 1. The normalized spacial score (nSPS) is 21.8. The number of aromatic nitrogens is 4. The summed E-state index contributed by atoms with van der Waals surface area (Å²) in [5.74, 6) is -1.79. The number of phosphoric ester groups is 3. The van der Waals surface area contributed by atoms with Gasteiger partial charge in [0.05, 0.1) is 19.5 Å². The first-order valence-corrected chi connectivity index (χ1v) is 20.9. The molecule has 2 aromatic heterocycles. The summed E-state index contributed by atoms with van der Waals surface area (Å²) < 4.78 is 61.7. The van der Waals surface area contributed by atoms with Gasteiger partial charge >= 0.3 is 29.4 Å². The van der Waals surface area contributed by atoms with Crippen molar-refractivity contribution in [1.82, 2.24) is 30.2 Å². The number of carboxylic acid groups (broad SMARTS) is 1. The number of aliphatic hydroxyl groups is 2. The number of ether oxygens (including phenoxy) is 1. The molecule has 29 heteroatoms. The number of amides is 2. The maximum atomic E-state index is 12.6. The highest BCUT2D eigenvalue weighted by Crippen LogP contribution is 2.61. The zero-order valence-electron chi connectivity index (χ0n) is 29.6. The lowest BCUT2D eigenvalue weighted by Crippen LogP contribution is -2.46. The van der Waals surface area contributed by atoms with Crippen LogP contribution in [0.4, 0.5) is 5.82 Å². The highest BCUT2D eigenvalue weighted by atomic mass is 32.1. The maximum absolute atomic E-state index is 12.6. The van der Waals surface area contributed by atoms with Crippen molar-refractivity contribution in [2.24, 2.45) is 5.41 Å². The van der Waals surface area contributed by atoms with Crippen LogP contribution in [0.5, 0.6) is 0 Å². The Labute approximate surface area is 318 Å². The Balaban J connectivity index is 0.00000136. The van der Waals surface area contributed by atoms with Gasteiger partial charge < -0.3 is 56.0 Å². The van der Waals surface area contributed by atoms with Crippen LogP contribution < -0.4 is 16.4 Å². The van der Waals surface area contributed by atoms with Gasteiger partial charge in [-0.3, -0.25) is 27.7 Å². The van der Waals surface area contributed by atoms with E-state index in [1.165, 1.54) is 13.8 Å². The topological polar surface area (TPSA) is 384 Å². The Hall–Kier alpha value is -2.90. The zero-order chi connectivity index (χ0) is 41.9. The van der Waals surface area contributed by atoms with Crippen LogP contribution in [0.2, 0.25) is 0 Å². The predicted octanol–water partition coefficient (Wildman–Crippen LogP) is -0.628. The second-order valence-electron chi connectivity index (χ2n) is 12.1. The molecule has 0 aromatic carbocycles. The summed E-state index contributed by atoms with van der Waals surface area (Å²) in [6, 6.07) is 0. The number of aliphatic carboxylic acids is 1. The molecule has 7 atom stereocenters. The van der Waals surface area contributed by atoms with Crippen LogP contribution >= 0.6 is 36.1 Å². The number of anilines is 1. The number of carboxylic acids is 1. The lowest BCUT2D eigenvalue weighted by atomic mass is 9.87. The minimum Gasteiger partial charge on any atom is -0.478 e. The summed E-state index contributed by atoms with van der Waals surface area (Å²) >= 11 is 3.95. The average molecular weight is 868 g/mol. The number of carbonyl (C=O) groups is 3. The van der Waals surface area contributed by atoms with Gasteiger partial charge in [0.2, 0.25) is 11.8 Å². The summed E-state index contributed by atoms with van der Waals surface area (Å²) in [5.41, 5.74) is 4.69. The first-order valence-electron chi connectivity index (χ1n) is 15.7. The van der Waals surface area contributed by atoms with E-state index in [1.807, 2.05) is 0 Å². The van der Waals surface area contributed by atoms with Crippen molar-refractivity contribution in [3.05, 3.63) is 24.3 Å². The van der Waals surface area contributed by atoms with E-state index in [0.29, 0.717) is 17.9 Å². The Morgan fingerprint density at radius 3 is 2.29 bits per heavy atom. The summed E-state index contributed by atoms with van der Waals surface area (Å²) in [7, 11) is -16.3. The second kappa shape index (κ2) is 20.5. The lowest BCUT2D eigenvalue weighted by molar-refractivity contribution is -0.137. The van der Waals surface area contributed by atoms with E-state index in [4.69, 9.17) is 24.6 Å². The number of carbonyl (C=O) groups excluding carboxylic acids is 2. The molecule has 2 aromatic rings. The van der Waals surface area contributed by atoms with E-state index in [-0.39, 0.29) is 35.9 Å². The van der Waals surface area contributed by atoms with Crippen LogP contribution in [-0.4, -0.2) is 129 Å². The van der Waals surface area contributed by atoms with Crippen LogP contribution in [0.1, 0.15) is 40.3 Å². The van der Waals surface area contributed by atoms with Gasteiger partial charge in [0.25, 0.3) is 0 Å². The van der Waals surface area contributed by atoms with E-state index < -0.39 is 84.6 Å². The van der Waals surface area contributed by atoms with Crippen molar-refractivity contribution >= 4 is 70.9 Å². The molecule has 1 saturated heterocycles. The number of nitrogens with two attached hydrogens (primary N) is 1. The quantitative estimate of drug-likeness (QED) is 0.0476. The number of nitrogens with one attached hydrogen (secondary N) is 2. The first kappa shape index (κ1) is 48.2. The van der Waals surface area contributed by atoms with E-state index in [0.717, 1.165) is 17.2 Å². The maximum Gasteiger partial charge on any atom is 0.481 e. The number of aliphatic hydroxyl groups excluding tert-OH is 2. The number of hydrogen-bond donors (Lipinski definition) is 11. The number of thiol groups is 1. The van der Waals surface area contributed by atoms with Crippen molar-refractivity contribution in [1.29, 1.82) is 0 Å². The number of rotatable bonds is 19. The number of imidazole rings is 1. The van der Waals surface area contributed by atoms with Gasteiger partial charge in [-0.1, -0.05) is 19.9 Å². The fourth-order valence-electron chi connectivity index (χ4n) is 4.26. The molecule has 11 N–H and O–H groups in total. The van der Waals surface area contributed by atoms with E-state index >= 15 is 0 Å². The van der Waals surface area contributed by atoms with Gasteiger partial charge in [0.1, 0.15) is 36.3 Å². The predicted molar refractivity (Wildman–Crippen MR) is 191 cm³/mol. The number of nitrogen functional groups attached to an aromatic ring is 1. The molecule has 3 unspecified atom stereocenters. The lowest BCUT2D eigenvalue weighted by Gasteiger charge is -2.30. The standard InChI is InChI=1S/C21H36N7O16P3S.C5H8O2/c1-21(2,16(31)19(32)24-4-3-12(29)23-5-6-48)8-41-47(38,39)44-46(36,37)40-7-11-15(43-45(33,34)35)14(30)20(42-11)28-10-27-13-17(22)25-9-26-18(13)28;1-3-4(2)5(6)7/h9-11,14-16,20,30-31,48H,3-8H2,1-2H3,(H,23,29)(H,24,32)(H,36,37)(H,38,39)(H2,22,25,26)(H2,33,34,35);3H,1-2H3,(H,6,7)/t11-,14-,15-,16?,20-;/m1./s1. The molecule has 1 aliphatic heterocycles. The SMILES string of the molecule is CC(C)(COP(=O)(O)OP(=O)(O)OC[C@H]1O[C@@H](n2cnc3c(N)ncnc32)[C@H](O)[C@@H]1OP(=O)(O)O)C(O)C(=O)NCCC(=O)NCCS.CC=C(C)C(=O)O. The molecule has 0 aliphatic carbocycles. The number of fused-ring (bicyclic) bond motifs is 1. The molecule has 312 valence electrons. The van der Waals surface area contributed by atoms with Crippen LogP contribution in [0.3, 0.4) is 0 Å². The van der Waals surface area contributed by atoms with Crippen LogP contribution in [0.25, 0.3) is 11.2 Å². The van der Waals surface area contributed by atoms with Crippen molar-refractivity contribution in [3.8, 4) is 0 Å². The first-order chi connectivity index (χ1) is 25.3. The Bertz CT molecular complexity index is 1830. The molecule has 1 aliphatic rings. The molecule has 0 saturated carbocycles. The molecule has 55 heavy (non-hydrogen) atoms. The molecule has 3 rings (SSSR count). The third kappa shape index (κ3) is 15.2. The monoisotopic (exact) mass is 867 g/mol. The van der Waals surface area contributed by atoms with Gasteiger partial charge in [-0.2, -0.15) is 16.9 Å². The molecule has 2 amide bonds. The molecule has 3 heterocycles. The van der Waals surface area contributed by atoms with E-state index in [1.54, 1.807) is 19.9 Å². The number of phosphoric acid groups is 3. The second-order valence-corrected chi connectivity index (χ2v) is 16.8. The summed E-state index contributed by atoms with van der Waals surface area (Å²) in [6.07, 6.45) is -5.18. The molecule has 0 spiro atoms. The summed E-state index contributed by atoms with van der Waals surface area (Å²) in [6.45, 7) is 3.98. The Kier molecular flexibility index (Phi) is 18.0. The van der Waals surface area contributed by atoms with Crippen LogP contribution in [0.15, 0.2) is 24.3 Å². The van der Waals surface area contributed by atoms with Crippen LogP contribution in [0, 0.1) is 5.41 Å². The van der Waals surface area contributed by atoms with Crippen molar-refractivity contribution in [2.45, 2.75) is 64.8 Å². The van der Waals surface area contributed by atoms with E-state index in [2.05, 4.69) is 47.0 Å². The fraction of sp³-hybridized carbons (Fsp3) is 0.615. The average Bonchev–Trinajstić information content (AvgIpc) is 3.65. The molecule has 25 nitrogen and oxygen atoms in total. The summed E-state index contributed by atoms with van der Waals surface area (Å²) in [5, 5.41) is 34.2. The molecule has 0 bridgehead atoms. The third-order valence-electron chi connectivity index (χ3n) is 7.28. The zero-order valence-corrected chi connectivity index (χ0v) is 33.2. The Morgan fingerprint density at radius 2 is 1.73 bits per heavy atom. The van der Waals surface area contributed by atoms with Crippen molar-refractivity contribution in [3.63, 3.8) is 0 Å². The van der Waals surface area contributed by atoms with E-state index in [9.17, 15) is 57.9 Å². The molecule has 1 fully saturated rings. The van der Waals surface area contributed by atoms with Gasteiger partial charge in [-0.25, -0.2) is 33.4 Å². The minimum atomic E-state index is -5.54. The molecular formula is C26H44N7O18P3S. The highest BCUT2D eigenvalue weighted by molar-refractivity contribution is 7.80. The van der Waals surface area contributed by atoms with Gasteiger partial charge in [0, 0.05) is 36.3 Å². The number of hydrogen-bond acceptors (Lipinski definition) is 18. The highest BCUT2D eigenvalue weighted by Gasteiger charge is 2.50. The number of nitrogens with zero attached hydrogens (tertiary/aromatic N) is 4. The third-order valence-corrected chi connectivity index (χ3v) is 10.6. The molecule has 0 radical (unpaired) electrons. The Morgan fingerprint density at radius 1 is 1.09 bits per heavy atom. The van der Waals surface area contributed by atoms with Crippen molar-refractivity contribution < 1.29 is 85.6 Å². The van der Waals surface area contributed by atoms with Gasteiger partial charge in [-0.15, -0.1) is 0 Å². The largest absolute Gasteiger partial charge is 0.481 e. The van der Waals surface area contributed by atoms with Gasteiger partial charge in [0.15, 0.2) is 17.7 Å². The minimum absolute atomic E-state index is 0.0363.